The molecule has 0 aliphatic rings. The molecular weight excluding hydrogens is 286 g/mol. The van der Waals surface area contributed by atoms with E-state index >= 15 is 0 Å². The Hall–Kier alpha value is -2.27. The maximum atomic E-state index is 5.39. The summed E-state index contributed by atoms with van der Waals surface area (Å²) in [5.74, 6) is 1.88. The molecule has 3 rings (SSSR count). The van der Waals surface area contributed by atoms with E-state index in [1.165, 1.54) is 4.70 Å². The monoisotopic (exact) mass is 301 g/mol. The summed E-state index contributed by atoms with van der Waals surface area (Å²) in [6, 6.07) is 10.1. The number of benzene rings is 2. The first kappa shape index (κ1) is 13.7. The third kappa shape index (κ3) is 2.40. The SMILES string of the molecule is COc1cc(-c2ccc3scnc3c2)cc(OC)c1OC. The van der Waals surface area contributed by atoms with E-state index < -0.39 is 0 Å². The smallest absolute Gasteiger partial charge is 0.203 e. The molecule has 1 aromatic heterocycles. The molecule has 0 fully saturated rings. The van der Waals surface area contributed by atoms with E-state index in [4.69, 9.17) is 14.2 Å². The molecule has 0 unspecified atom stereocenters. The zero-order chi connectivity index (χ0) is 14.8. The molecule has 3 aromatic rings. The molecule has 0 amide bonds. The highest BCUT2D eigenvalue weighted by atomic mass is 32.1. The first-order valence-electron chi connectivity index (χ1n) is 6.40. The molecule has 0 radical (unpaired) electrons. The summed E-state index contributed by atoms with van der Waals surface area (Å²) in [6.45, 7) is 0. The summed E-state index contributed by atoms with van der Waals surface area (Å²) in [4.78, 5) is 4.36. The Kier molecular flexibility index (Phi) is 3.66. The highest BCUT2D eigenvalue weighted by Gasteiger charge is 2.14. The van der Waals surface area contributed by atoms with Gasteiger partial charge in [0, 0.05) is 0 Å². The number of rotatable bonds is 4. The molecule has 2 aromatic carbocycles. The Balaban J connectivity index is 2.16. The van der Waals surface area contributed by atoms with Crippen LogP contribution in [0, 0.1) is 0 Å². The minimum atomic E-state index is 0.596. The minimum absolute atomic E-state index is 0.596. The van der Waals surface area contributed by atoms with Crippen molar-refractivity contribution in [1.82, 2.24) is 4.98 Å². The zero-order valence-electron chi connectivity index (χ0n) is 12.0. The van der Waals surface area contributed by atoms with Crippen LogP contribution >= 0.6 is 11.3 Å². The second kappa shape index (κ2) is 5.61. The average Bonchev–Trinajstić information content (AvgIpc) is 3.00. The summed E-state index contributed by atoms with van der Waals surface area (Å²) >= 11 is 1.63. The first-order chi connectivity index (χ1) is 10.3. The van der Waals surface area contributed by atoms with Crippen molar-refractivity contribution in [2.75, 3.05) is 21.3 Å². The first-order valence-corrected chi connectivity index (χ1v) is 7.28. The number of fused-ring (bicyclic) bond motifs is 1. The largest absolute Gasteiger partial charge is 0.493 e. The predicted octanol–water partition coefficient (Wildman–Crippen LogP) is 3.99. The van der Waals surface area contributed by atoms with Crippen molar-refractivity contribution in [2.45, 2.75) is 0 Å². The van der Waals surface area contributed by atoms with Crippen LogP contribution < -0.4 is 14.2 Å². The van der Waals surface area contributed by atoms with Crippen LogP contribution in [0.3, 0.4) is 0 Å². The van der Waals surface area contributed by atoms with Gasteiger partial charge in [0.05, 0.1) is 37.1 Å². The lowest BCUT2D eigenvalue weighted by molar-refractivity contribution is 0.324. The van der Waals surface area contributed by atoms with Crippen molar-refractivity contribution in [3.05, 3.63) is 35.8 Å². The second-order valence-electron chi connectivity index (χ2n) is 4.45. The van der Waals surface area contributed by atoms with Crippen LogP contribution in [0.1, 0.15) is 0 Å². The predicted molar refractivity (Wildman–Crippen MR) is 84.7 cm³/mol. The normalized spacial score (nSPS) is 10.6. The van der Waals surface area contributed by atoms with Crippen molar-refractivity contribution in [3.8, 4) is 28.4 Å². The molecule has 0 bridgehead atoms. The maximum absolute atomic E-state index is 5.39. The highest BCUT2D eigenvalue weighted by Crippen LogP contribution is 2.41. The van der Waals surface area contributed by atoms with Crippen LogP contribution in [0.2, 0.25) is 0 Å². The van der Waals surface area contributed by atoms with Crippen molar-refractivity contribution in [2.24, 2.45) is 0 Å². The Morgan fingerprint density at radius 2 is 1.57 bits per heavy atom. The van der Waals surface area contributed by atoms with E-state index in [0.717, 1.165) is 16.6 Å². The number of aromatic nitrogens is 1. The van der Waals surface area contributed by atoms with Crippen LogP contribution in [0.5, 0.6) is 17.2 Å². The number of methoxy groups -OCH3 is 3. The molecule has 1 heterocycles. The number of hydrogen-bond donors (Lipinski definition) is 0. The summed E-state index contributed by atoms with van der Waals surface area (Å²) in [6.07, 6.45) is 0. The third-order valence-electron chi connectivity index (χ3n) is 3.33. The van der Waals surface area contributed by atoms with E-state index in [0.29, 0.717) is 17.2 Å². The van der Waals surface area contributed by atoms with E-state index in [1.54, 1.807) is 32.7 Å². The summed E-state index contributed by atoms with van der Waals surface area (Å²) in [5, 5.41) is 0. The van der Waals surface area contributed by atoms with Crippen LogP contribution in [-0.2, 0) is 0 Å². The van der Waals surface area contributed by atoms with Crippen LogP contribution in [0.4, 0.5) is 0 Å². The molecule has 0 spiro atoms. The van der Waals surface area contributed by atoms with E-state index in [-0.39, 0.29) is 0 Å². The molecule has 4 nitrogen and oxygen atoms in total. The van der Waals surface area contributed by atoms with Crippen molar-refractivity contribution in [1.29, 1.82) is 0 Å². The van der Waals surface area contributed by atoms with Crippen molar-refractivity contribution >= 4 is 21.6 Å². The molecule has 0 saturated heterocycles. The van der Waals surface area contributed by atoms with Crippen LogP contribution in [0.15, 0.2) is 35.8 Å². The fraction of sp³-hybridized carbons (Fsp3) is 0.188. The third-order valence-corrected chi connectivity index (χ3v) is 4.14. The highest BCUT2D eigenvalue weighted by molar-refractivity contribution is 7.16. The average molecular weight is 301 g/mol. The molecule has 0 N–H and O–H groups in total. The van der Waals surface area contributed by atoms with Gasteiger partial charge in [-0.15, -0.1) is 11.3 Å². The summed E-state index contributed by atoms with van der Waals surface area (Å²) in [7, 11) is 4.83. The lowest BCUT2D eigenvalue weighted by atomic mass is 10.0. The molecule has 0 saturated carbocycles. The van der Waals surface area contributed by atoms with Gasteiger partial charge in [-0.2, -0.15) is 0 Å². The van der Waals surface area contributed by atoms with Gasteiger partial charge in [0.2, 0.25) is 5.75 Å². The van der Waals surface area contributed by atoms with E-state index in [9.17, 15) is 0 Å². The number of ether oxygens (including phenoxy) is 3. The van der Waals surface area contributed by atoms with Gasteiger partial charge in [0.1, 0.15) is 0 Å². The van der Waals surface area contributed by atoms with Crippen LogP contribution in [0.25, 0.3) is 21.3 Å². The molecule has 0 atom stereocenters. The van der Waals surface area contributed by atoms with Crippen molar-refractivity contribution in [3.63, 3.8) is 0 Å². The van der Waals surface area contributed by atoms with Gasteiger partial charge in [0.25, 0.3) is 0 Å². The van der Waals surface area contributed by atoms with Crippen LogP contribution in [-0.4, -0.2) is 26.3 Å². The molecule has 5 heteroatoms. The quantitative estimate of drug-likeness (QED) is 0.730. The molecule has 0 aliphatic heterocycles. The second-order valence-corrected chi connectivity index (χ2v) is 5.34. The standard InChI is InChI=1S/C16H15NO3S/c1-18-13-7-11(8-14(19-2)16(13)20-3)10-4-5-15-12(6-10)17-9-21-15/h4-9H,1-3H3. The van der Waals surface area contributed by atoms with E-state index in [1.807, 2.05) is 17.6 Å². The number of thiazole rings is 1. The van der Waals surface area contributed by atoms with Gasteiger partial charge in [-0.25, -0.2) is 4.98 Å². The lowest BCUT2D eigenvalue weighted by Crippen LogP contribution is -1.95. The Morgan fingerprint density at radius 3 is 2.19 bits per heavy atom. The Labute approximate surface area is 126 Å². The van der Waals surface area contributed by atoms with Gasteiger partial charge in [-0.05, 0) is 35.4 Å². The number of hydrogen-bond acceptors (Lipinski definition) is 5. The van der Waals surface area contributed by atoms with E-state index in [2.05, 4.69) is 23.2 Å². The molecule has 108 valence electrons. The topological polar surface area (TPSA) is 40.6 Å². The minimum Gasteiger partial charge on any atom is -0.493 e. The maximum Gasteiger partial charge on any atom is 0.203 e. The van der Waals surface area contributed by atoms with Gasteiger partial charge in [-0.1, -0.05) is 6.07 Å². The fourth-order valence-corrected chi connectivity index (χ4v) is 2.94. The van der Waals surface area contributed by atoms with Crippen molar-refractivity contribution < 1.29 is 14.2 Å². The Morgan fingerprint density at radius 1 is 0.857 bits per heavy atom. The molecule has 21 heavy (non-hydrogen) atoms. The van der Waals surface area contributed by atoms with Gasteiger partial charge in [0.15, 0.2) is 11.5 Å². The fourth-order valence-electron chi connectivity index (χ4n) is 2.29. The number of nitrogens with zero attached hydrogens (tertiary/aromatic N) is 1. The lowest BCUT2D eigenvalue weighted by Gasteiger charge is -2.14. The summed E-state index contributed by atoms with van der Waals surface area (Å²) in [5.41, 5.74) is 4.90. The molecular formula is C16H15NO3S. The van der Waals surface area contributed by atoms with Gasteiger partial charge < -0.3 is 14.2 Å². The van der Waals surface area contributed by atoms with Gasteiger partial charge >= 0.3 is 0 Å². The summed E-state index contributed by atoms with van der Waals surface area (Å²) < 4.78 is 17.3. The zero-order valence-corrected chi connectivity index (χ0v) is 12.9. The Bertz CT molecular complexity index is 757. The molecule has 0 aliphatic carbocycles. The van der Waals surface area contributed by atoms with Gasteiger partial charge in [-0.3, -0.25) is 0 Å².